The third-order valence-electron chi connectivity index (χ3n) is 6.51. The van der Waals surface area contributed by atoms with Crippen molar-refractivity contribution in [3.63, 3.8) is 0 Å². The molecule has 0 aliphatic rings. The minimum Gasteiger partial charge on any atom is -0.489 e. The molecule has 4 aromatic carbocycles. The lowest BCUT2D eigenvalue weighted by atomic mass is 10.0. The van der Waals surface area contributed by atoms with E-state index in [1.54, 1.807) is 23.1 Å². The highest BCUT2D eigenvalue weighted by Crippen LogP contribution is 2.37. The molecule has 0 fully saturated rings. The number of ether oxygens (including phenoxy) is 2. The summed E-state index contributed by atoms with van der Waals surface area (Å²) in [4.78, 5) is 28.2. The lowest BCUT2D eigenvalue weighted by Gasteiger charge is -2.28. The van der Waals surface area contributed by atoms with E-state index in [2.05, 4.69) is 0 Å². The van der Waals surface area contributed by atoms with E-state index >= 15 is 0 Å². The van der Waals surface area contributed by atoms with E-state index < -0.39 is 5.97 Å². The third-order valence-corrected chi connectivity index (χ3v) is 6.51. The molecule has 5 rings (SSSR count). The number of furan rings is 1. The molecule has 0 atom stereocenters. The number of carbonyl (C=O) groups excluding carboxylic acids is 2. The maximum absolute atomic E-state index is 13.7. The number of benzene rings is 4. The molecule has 0 N–H and O–H groups in total. The standard InChI is InChI=1S/C32H29NO5/c1-20(2)33(31(34)23-12-10-21(3)11-13-23)28-17-26-25-16-24(37-19-22-8-6-5-7-9-22)14-15-29(25)38-30(26)18-27(28)32(35)36-4/h5-18,20H,19H2,1-4H3. The zero-order chi connectivity index (χ0) is 26.8. The lowest BCUT2D eigenvalue weighted by Crippen LogP contribution is -2.38. The predicted octanol–water partition coefficient (Wildman–Crippen LogP) is 7.32. The fourth-order valence-electron chi connectivity index (χ4n) is 4.55. The molecule has 6 nitrogen and oxygen atoms in total. The number of rotatable bonds is 7. The maximum atomic E-state index is 13.7. The molecule has 0 radical (unpaired) electrons. The van der Waals surface area contributed by atoms with Gasteiger partial charge in [0.2, 0.25) is 0 Å². The molecule has 1 amide bonds. The first-order valence-corrected chi connectivity index (χ1v) is 12.5. The Morgan fingerprint density at radius 1 is 0.868 bits per heavy atom. The van der Waals surface area contributed by atoms with Crippen molar-refractivity contribution in [3.05, 3.63) is 107 Å². The molecule has 0 spiro atoms. The number of esters is 1. The van der Waals surface area contributed by atoms with Crippen LogP contribution in [0, 0.1) is 6.92 Å². The quantitative estimate of drug-likeness (QED) is 0.216. The summed E-state index contributed by atoms with van der Waals surface area (Å²) in [5.74, 6) is -0.0557. The Bertz CT molecular complexity index is 1620. The summed E-state index contributed by atoms with van der Waals surface area (Å²) in [6.07, 6.45) is 0. The molecule has 0 bridgehead atoms. The topological polar surface area (TPSA) is 69.0 Å². The minimum absolute atomic E-state index is 0.204. The molecule has 0 aliphatic carbocycles. The van der Waals surface area contributed by atoms with E-state index in [0.29, 0.717) is 34.8 Å². The number of methoxy groups -OCH3 is 1. The zero-order valence-electron chi connectivity index (χ0n) is 21.9. The Hall–Kier alpha value is -4.58. The van der Waals surface area contributed by atoms with Gasteiger partial charge in [-0.2, -0.15) is 0 Å². The van der Waals surface area contributed by atoms with Crippen LogP contribution in [0.15, 0.2) is 89.3 Å². The third kappa shape index (κ3) is 4.85. The van der Waals surface area contributed by atoms with Crippen LogP contribution in [0.4, 0.5) is 5.69 Å². The van der Waals surface area contributed by atoms with Crippen LogP contribution in [0.3, 0.4) is 0 Å². The van der Waals surface area contributed by atoms with E-state index in [1.165, 1.54) is 7.11 Å². The second-order valence-corrected chi connectivity index (χ2v) is 9.53. The van der Waals surface area contributed by atoms with Gasteiger partial charge in [-0.1, -0.05) is 48.0 Å². The molecule has 192 valence electrons. The summed E-state index contributed by atoms with van der Waals surface area (Å²) < 4.78 is 17.2. The summed E-state index contributed by atoms with van der Waals surface area (Å²) in [5.41, 5.74) is 4.56. The lowest BCUT2D eigenvalue weighted by molar-refractivity contribution is 0.0601. The Labute approximate surface area is 221 Å². The van der Waals surface area contributed by atoms with Crippen LogP contribution >= 0.6 is 0 Å². The van der Waals surface area contributed by atoms with Gasteiger partial charge in [-0.15, -0.1) is 0 Å². The van der Waals surface area contributed by atoms with Crippen molar-refractivity contribution in [1.82, 2.24) is 0 Å². The van der Waals surface area contributed by atoms with Crippen LogP contribution in [0.2, 0.25) is 0 Å². The van der Waals surface area contributed by atoms with Crippen molar-refractivity contribution in [2.75, 3.05) is 12.0 Å². The summed E-state index contributed by atoms with van der Waals surface area (Å²) in [5, 5.41) is 1.60. The molecular weight excluding hydrogens is 478 g/mol. The van der Waals surface area contributed by atoms with Crippen LogP contribution in [-0.4, -0.2) is 25.0 Å². The van der Waals surface area contributed by atoms with Crippen LogP contribution in [0.5, 0.6) is 5.75 Å². The van der Waals surface area contributed by atoms with Gasteiger partial charge in [0.25, 0.3) is 5.91 Å². The number of hydrogen-bond donors (Lipinski definition) is 0. The van der Waals surface area contributed by atoms with Gasteiger partial charge in [-0.05, 0) is 68.8 Å². The van der Waals surface area contributed by atoms with Crippen LogP contribution < -0.4 is 9.64 Å². The molecule has 1 heterocycles. The molecule has 0 unspecified atom stereocenters. The van der Waals surface area contributed by atoms with Gasteiger partial charge in [0.05, 0.1) is 18.4 Å². The highest BCUT2D eigenvalue weighted by molar-refractivity contribution is 6.15. The molecular formula is C32H29NO5. The van der Waals surface area contributed by atoms with Gasteiger partial charge in [-0.3, -0.25) is 4.79 Å². The summed E-state index contributed by atoms with van der Waals surface area (Å²) in [6, 6.07) is 26.2. The average Bonchev–Trinajstić information content (AvgIpc) is 3.28. The number of fused-ring (bicyclic) bond motifs is 3. The smallest absolute Gasteiger partial charge is 0.340 e. The van der Waals surface area contributed by atoms with Crippen molar-refractivity contribution >= 4 is 39.5 Å². The zero-order valence-corrected chi connectivity index (χ0v) is 21.9. The highest BCUT2D eigenvalue weighted by atomic mass is 16.5. The number of hydrogen-bond acceptors (Lipinski definition) is 5. The van der Waals surface area contributed by atoms with E-state index in [4.69, 9.17) is 13.9 Å². The van der Waals surface area contributed by atoms with Crippen molar-refractivity contribution in [1.29, 1.82) is 0 Å². The first kappa shape index (κ1) is 25.1. The minimum atomic E-state index is -0.545. The monoisotopic (exact) mass is 507 g/mol. The van der Waals surface area contributed by atoms with E-state index in [-0.39, 0.29) is 17.5 Å². The molecule has 38 heavy (non-hydrogen) atoms. The number of carbonyl (C=O) groups is 2. The van der Waals surface area contributed by atoms with Gasteiger partial charge in [0, 0.05) is 22.4 Å². The van der Waals surface area contributed by atoms with Gasteiger partial charge < -0.3 is 18.8 Å². The number of amides is 1. The second-order valence-electron chi connectivity index (χ2n) is 9.53. The highest BCUT2D eigenvalue weighted by Gasteiger charge is 2.27. The second kappa shape index (κ2) is 10.4. The normalized spacial score (nSPS) is 11.2. The van der Waals surface area contributed by atoms with Crippen molar-refractivity contribution in [2.45, 2.75) is 33.4 Å². The largest absolute Gasteiger partial charge is 0.489 e. The van der Waals surface area contributed by atoms with Crippen molar-refractivity contribution in [2.24, 2.45) is 0 Å². The fraction of sp³-hybridized carbons (Fsp3) is 0.188. The molecule has 6 heteroatoms. The van der Waals surface area contributed by atoms with E-state index in [9.17, 15) is 9.59 Å². The Morgan fingerprint density at radius 2 is 1.58 bits per heavy atom. The van der Waals surface area contributed by atoms with Crippen LogP contribution in [-0.2, 0) is 11.3 Å². The number of aryl methyl sites for hydroxylation is 1. The van der Waals surface area contributed by atoms with E-state index in [1.807, 2.05) is 87.5 Å². The van der Waals surface area contributed by atoms with Gasteiger partial charge in [0.1, 0.15) is 23.5 Å². The van der Waals surface area contributed by atoms with Crippen molar-refractivity contribution in [3.8, 4) is 5.75 Å². The summed E-state index contributed by atoms with van der Waals surface area (Å²) >= 11 is 0. The van der Waals surface area contributed by atoms with Crippen LogP contribution in [0.25, 0.3) is 21.9 Å². The molecule has 0 saturated carbocycles. The Balaban J connectivity index is 1.62. The number of anilines is 1. The molecule has 5 aromatic rings. The van der Waals surface area contributed by atoms with Crippen molar-refractivity contribution < 1.29 is 23.5 Å². The fourth-order valence-corrected chi connectivity index (χ4v) is 4.55. The average molecular weight is 508 g/mol. The maximum Gasteiger partial charge on any atom is 0.340 e. The van der Waals surface area contributed by atoms with Crippen LogP contribution in [0.1, 0.15) is 45.7 Å². The van der Waals surface area contributed by atoms with E-state index in [0.717, 1.165) is 21.9 Å². The summed E-state index contributed by atoms with van der Waals surface area (Å²) in [6.45, 7) is 6.24. The Kier molecular flexibility index (Phi) is 6.88. The Morgan fingerprint density at radius 3 is 2.26 bits per heavy atom. The molecule has 1 aromatic heterocycles. The SMILES string of the molecule is COC(=O)c1cc2oc3ccc(OCc4ccccc4)cc3c2cc1N(C(=O)c1ccc(C)cc1)C(C)C. The van der Waals surface area contributed by atoms with Gasteiger partial charge in [-0.25, -0.2) is 4.79 Å². The molecule has 0 aliphatic heterocycles. The van der Waals surface area contributed by atoms with Gasteiger partial charge >= 0.3 is 5.97 Å². The first-order valence-electron chi connectivity index (χ1n) is 12.5. The predicted molar refractivity (Wildman–Crippen MR) is 149 cm³/mol. The van der Waals surface area contributed by atoms with Gasteiger partial charge in [0.15, 0.2) is 0 Å². The summed E-state index contributed by atoms with van der Waals surface area (Å²) in [7, 11) is 1.33. The molecule has 0 saturated heterocycles. The first-order chi connectivity index (χ1) is 18.4. The number of nitrogens with zero attached hydrogens (tertiary/aromatic N) is 1.